The second kappa shape index (κ2) is 8.04. The standard InChI is InChI=1S/C22H19N5O3/c1-14-11-18(15(2)30-14)21(28)24-25-22(29)19-13-27(17-8-4-3-5-9-17)26-20(19)16-7-6-10-23-12-16/h3-13H,1-2H3,(H,24,28)(H,25,29). The zero-order valence-electron chi connectivity index (χ0n) is 16.4. The number of nitrogens with one attached hydrogen (secondary N) is 2. The van der Waals surface area contributed by atoms with Crippen LogP contribution >= 0.6 is 0 Å². The first kappa shape index (κ1) is 19.1. The van der Waals surface area contributed by atoms with E-state index in [9.17, 15) is 9.59 Å². The molecular formula is C22H19N5O3. The Morgan fingerprint density at radius 1 is 0.967 bits per heavy atom. The van der Waals surface area contributed by atoms with Crippen LogP contribution in [0.5, 0.6) is 0 Å². The maximum atomic E-state index is 12.9. The summed E-state index contributed by atoms with van der Waals surface area (Å²) in [5, 5.41) is 4.56. The number of aromatic nitrogens is 3. The molecule has 3 heterocycles. The monoisotopic (exact) mass is 401 g/mol. The minimum Gasteiger partial charge on any atom is -0.466 e. The number of para-hydroxylation sites is 1. The molecule has 1 aromatic carbocycles. The number of pyridine rings is 1. The van der Waals surface area contributed by atoms with Gasteiger partial charge in [0.25, 0.3) is 11.8 Å². The number of carbonyl (C=O) groups is 2. The van der Waals surface area contributed by atoms with Crippen LogP contribution in [0.15, 0.2) is 71.5 Å². The molecule has 3 aromatic heterocycles. The predicted octanol–water partition coefficient (Wildman–Crippen LogP) is 3.22. The molecule has 0 atom stereocenters. The fourth-order valence-electron chi connectivity index (χ4n) is 3.07. The molecule has 8 nitrogen and oxygen atoms in total. The summed E-state index contributed by atoms with van der Waals surface area (Å²) in [6.45, 7) is 3.44. The summed E-state index contributed by atoms with van der Waals surface area (Å²) >= 11 is 0. The van der Waals surface area contributed by atoms with E-state index in [0.717, 1.165) is 5.69 Å². The molecule has 0 saturated heterocycles. The molecule has 0 spiro atoms. The highest BCUT2D eigenvalue weighted by Gasteiger charge is 2.20. The van der Waals surface area contributed by atoms with Gasteiger partial charge in [0.1, 0.15) is 17.2 Å². The molecule has 8 heteroatoms. The van der Waals surface area contributed by atoms with Crippen molar-refractivity contribution in [2.24, 2.45) is 0 Å². The minimum absolute atomic E-state index is 0.298. The SMILES string of the molecule is Cc1cc(C(=O)NNC(=O)c2cn(-c3ccccc3)nc2-c2cccnc2)c(C)o1. The van der Waals surface area contributed by atoms with Gasteiger partial charge in [-0.05, 0) is 44.2 Å². The molecule has 0 saturated carbocycles. The van der Waals surface area contributed by atoms with Crippen LogP contribution < -0.4 is 10.9 Å². The summed E-state index contributed by atoms with van der Waals surface area (Å²) in [7, 11) is 0. The Balaban J connectivity index is 1.62. The normalized spacial score (nSPS) is 10.6. The van der Waals surface area contributed by atoms with Gasteiger partial charge in [-0.1, -0.05) is 18.2 Å². The molecule has 30 heavy (non-hydrogen) atoms. The average Bonchev–Trinajstić information content (AvgIpc) is 3.36. The summed E-state index contributed by atoms with van der Waals surface area (Å²) < 4.78 is 6.98. The van der Waals surface area contributed by atoms with Crippen LogP contribution in [0.3, 0.4) is 0 Å². The highest BCUT2D eigenvalue weighted by atomic mass is 16.3. The molecule has 4 rings (SSSR count). The number of hydrogen-bond acceptors (Lipinski definition) is 5. The molecule has 0 unspecified atom stereocenters. The van der Waals surface area contributed by atoms with Crippen molar-refractivity contribution >= 4 is 11.8 Å². The Labute approximate surface area is 172 Å². The lowest BCUT2D eigenvalue weighted by Crippen LogP contribution is -2.41. The number of nitrogens with zero attached hydrogens (tertiary/aromatic N) is 3. The van der Waals surface area contributed by atoms with Gasteiger partial charge in [0.05, 0.1) is 16.8 Å². The quantitative estimate of drug-likeness (QED) is 0.511. The van der Waals surface area contributed by atoms with Crippen LogP contribution in [0, 0.1) is 13.8 Å². The van der Waals surface area contributed by atoms with Crippen LogP contribution in [0.4, 0.5) is 0 Å². The fraction of sp³-hybridized carbons (Fsp3) is 0.0909. The van der Waals surface area contributed by atoms with Crippen molar-refractivity contribution in [3.8, 4) is 16.9 Å². The van der Waals surface area contributed by atoms with Crippen LogP contribution in [-0.4, -0.2) is 26.6 Å². The number of amides is 2. The van der Waals surface area contributed by atoms with E-state index in [1.807, 2.05) is 36.4 Å². The summed E-state index contributed by atoms with van der Waals surface area (Å²) in [4.78, 5) is 29.4. The topological polar surface area (TPSA) is 102 Å². The van der Waals surface area contributed by atoms with Crippen LogP contribution in [0.2, 0.25) is 0 Å². The van der Waals surface area contributed by atoms with Crippen molar-refractivity contribution in [2.75, 3.05) is 0 Å². The molecular weight excluding hydrogens is 382 g/mol. The van der Waals surface area contributed by atoms with E-state index >= 15 is 0 Å². The summed E-state index contributed by atoms with van der Waals surface area (Å²) in [5.74, 6) is 0.137. The molecule has 0 aliphatic carbocycles. The van der Waals surface area contributed by atoms with Gasteiger partial charge in [0, 0.05) is 24.2 Å². The number of hydrogen-bond donors (Lipinski definition) is 2. The molecule has 0 fully saturated rings. The number of aryl methyl sites for hydroxylation is 2. The zero-order chi connectivity index (χ0) is 21.1. The second-order valence-electron chi connectivity index (χ2n) is 6.65. The van der Waals surface area contributed by atoms with E-state index in [1.165, 1.54) is 0 Å². The molecule has 0 aliphatic heterocycles. The third kappa shape index (κ3) is 3.83. The molecule has 2 N–H and O–H groups in total. The van der Waals surface area contributed by atoms with E-state index in [0.29, 0.717) is 33.9 Å². The fourth-order valence-corrected chi connectivity index (χ4v) is 3.07. The average molecular weight is 401 g/mol. The summed E-state index contributed by atoms with van der Waals surface area (Å²) in [6, 6.07) is 14.6. The number of benzene rings is 1. The van der Waals surface area contributed by atoms with E-state index < -0.39 is 11.8 Å². The molecule has 4 aromatic rings. The molecule has 0 bridgehead atoms. The molecule has 2 amide bonds. The highest BCUT2D eigenvalue weighted by Crippen LogP contribution is 2.23. The van der Waals surface area contributed by atoms with Crippen molar-refractivity contribution < 1.29 is 14.0 Å². The third-order valence-corrected chi connectivity index (χ3v) is 4.49. The minimum atomic E-state index is -0.498. The number of carbonyl (C=O) groups excluding carboxylic acids is 2. The maximum Gasteiger partial charge on any atom is 0.273 e. The first-order valence-corrected chi connectivity index (χ1v) is 9.26. The number of rotatable bonds is 4. The van der Waals surface area contributed by atoms with E-state index in [4.69, 9.17) is 4.42 Å². The Bertz CT molecular complexity index is 1200. The van der Waals surface area contributed by atoms with Crippen LogP contribution in [0.25, 0.3) is 16.9 Å². The number of furan rings is 1. The van der Waals surface area contributed by atoms with Crippen LogP contribution in [-0.2, 0) is 0 Å². The lowest BCUT2D eigenvalue weighted by Gasteiger charge is -2.06. The maximum absolute atomic E-state index is 12.9. The van der Waals surface area contributed by atoms with Crippen molar-refractivity contribution in [3.63, 3.8) is 0 Å². The van der Waals surface area contributed by atoms with E-state index in [-0.39, 0.29) is 0 Å². The summed E-state index contributed by atoms with van der Waals surface area (Å²) in [6.07, 6.45) is 4.89. The molecule has 150 valence electrons. The van der Waals surface area contributed by atoms with Gasteiger partial charge in [-0.3, -0.25) is 25.4 Å². The summed E-state index contributed by atoms with van der Waals surface area (Å²) in [5.41, 5.74) is 7.48. The van der Waals surface area contributed by atoms with Crippen molar-refractivity contribution in [3.05, 3.63) is 89.8 Å². The predicted molar refractivity (Wildman–Crippen MR) is 110 cm³/mol. The Morgan fingerprint density at radius 3 is 2.33 bits per heavy atom. The smallest absolute Gasteiger partial charge is 0.273 e. The third-order valence-electron chi connectivity index (χ3n) is 4.49. The molecule has 0 aliphatic rings. The Kier molecular flexibility index (Phi) is 5.13. The van der Waals surface area contributed by atoms with Crippen molar-refractivity contribution in [1.29, 1.82) is 0 Å². The van der Waals surface area contributed by atoms with Gasteiger partial charge in [0.15, 0.2) is 0 Å². The Hall–Kier alpha value is -4.20. The van der Waals surface area contributed by atoms with Gasteiger partial charge in [-0.2, -0.15) is 5.10 Å². The lowest BCUT2D eigenvalue weighted by molar-refractivity contribution is 0.0846. The van der Waals surface area contributed by atoms with Gasteiger partial charge in [-0.25, -0.2) is 4.68 Å². The van der Waals surface area contributed by atoms with Gasteiger partial charge in [0.2, 0.25) is 0 Å². The van der Waals surface area contributed by atoms with Gasteiger partial charge >= 0.3 is 0 Å². The van der Waals surface area contributed by atoms with E-state index in [1.54, 1.807) is 49.3 Å². The first-order valence-electron chi connectivity index (χ1n) is 9.26. The van der Waals surface area contributed by atoms with E-state index in [2.05, 4.69) is 20.9 Å². The largest absolute Gasteiger partial charge is 0.466 e. The highest BCUT2D eigenvalue weighted by molar-refractivity contribution is 6.02. The lowest BCUT2D eigenvalue weighted by atomic mass is 10.1. The number of hydrazine groups is 1. The van der Waals surface area contributed by atoms with Crippen LogP contribution in [0.1, 0.15) is 32.2 Å². The van der Waals surface area contributed by atoms with Gasteiger partial charge < -0.3 is 4.42 Å². The molecule has 0 radical (unpaired) electrons. The van der Waals surface area contributed by atoms with Gasteiger partial charge in [-0.15, -0.1) is 0 Å². The zero-order valence-corrected chi connectivity index (χ0v) is 16.4. The van der Waals surface area contributed by atoms with Crippen molar-refractivity contribution in [2.45, 2.75) is 13.8 Å². The first-order chi connectivity index (χ1) is 14.5. The Morgan fingerprint density at radius 2 is 1.70 bits per heavy atom. The second-order valence-corrected chi connectivity index (χ2v) is 6.65. The van der Waals surface area contributed by atoms with Crippen molar-refractivity contribution in [1.82, 2.24) is 25.6 Å².